The summed E-state index contributed by atoms with van der Waals surface area (Å²) in [5, 5.41) is 19.7. The van der Waals surface area contributed by atoms with Gasteiger partial charge in [-0.15, -0.1) is 0 Å². The predicted octanol–water partition coefficient (Wildman–Crippen LogP) is 4.47. The van der Waals surface area contributed by atoms with Crippen LogP contribution in [0.4, 0.5) is 5.82 Å². The Morgan fingerprint density at radius 1 is 1.11 bits per heavy atom. The number of aliphatic carboxylic acids is 1. The Labute approximate surface area is 158 Å². The Hall–Kier alpha value is -3.08. The van der Waals surface area contributed by atoms with Gasteiger partial charge in [0.25, 0.3) is 0 Å². The molecule has 5 heteroatoms. The summed E-state index contributed by atoms with van der Waals surface area (Å²) in [6, 6.07) is 15.2. The van der Waals surface area contributed by atoms with Gasteiger partial charge >= 0.3 is 5.97 Å². The van der Waals surface area contributed by atoms with Gasteiger partial charge in [-0.1, -0.05) is 31.5 Å². The van der Waals surface area contributed by atoms with Crippen molar-refractivity contribution in [3.8, 4) is 16.9 Å². The molecule has 1 aromatic heterocycles. The number of aromatic hydroxyl groups is 1. The van der Waals surface area contributed by atoms with E-state index < -0.39 is 5.97 Å². The Kier molecular flexibility index (Phi) is 5.60. The number of likely N-dealkylation sites (N-methyl/N-ethyl adjacent to an activating group) is 1. The third kappa shape index (κ3) is 4.37. The van der Waals surface area contributed by atoms with Crippen molar-refractivity contribution in [1.82, 2.24) is 4.98 Å². The van der Waals surface area contributed by atoms with Crippen molar-refractivity contribution in [2.45, 2.75) is 26.2 Å². The molecular formula is C22H24N2O3. The Morgan fingerprint density at radius 2 is 1.85 bits per heavy atom. The van der Waals surface area contributed by atoms with E-state index in [0.717, 1.165) is 41.3 Å². The maximum atomic E-state index is 11.1. The van der Waals surface area contributed by atoms with Crippen molar-refractivity contribution >= 4 is 22.7 Å². The topological polar surface area (TPSA) is 73.7 Å². The number of nitrogens with zero attached hydrogens (tertiary/aromatic N) is 2. The van der Waals surface area contributed by atoms with Crippen molar-refractivity contribution in [3.05, 3.63) is 54.1 Å². The number of hydrogen-bond donors (Lipinski definition) is 2. The van der Waals surface area contributed by atoms with Crippen molar-refractivity contribution in [2.24, 2.45) is 0 Å². The molecule has 3 aromatic rings. The molecule has 0 atom stereocenters. The van der Waals surface area contributed by atoms with Gasteiger partial charge in [0.05, 0.1) is 5.52 Å². The molecule has 0 unspecified atom stereocenters. The van der Waals surface area contributed by atoms with E-state index in [9.17, 15) is 9.90 Å². The Bertz CT molecular complexity index is 952. The highest BCUT2D eigenvalue weighted by Gasteiger charge is 2.13. The monoisotopic (exact) mass is 364 g/mol. The lowest BCUT2D eigenvalue weighted by molar-refractivity contribution is -0.135. The van der Waals surface area contributed by atoms with Crippen LogP contribution in [0.3, 0.4) is 0 Å². The summed E-state index contributed by atoms with van der Waals surface area (Å²) in [6.45, 7) is 2.05. The van der Waals surface area contributed by atoms with Crippen LogP contribution in [0.5, 0.6) is 5.75 Å². The van der Waals surface area contributed by atoms with E-state index in [1.54, 1.807) is 24.1 Å². The van der Waals surface area contributed by atoms with Crippen LogP contribution in [0.1, 0.15) is 25.3 Å². The first-order chi connectivity index (χ1) is 13.0. The van der Waals surface area contributed by atoms with Crippen LogP contribution in [0.15, 0.2) is 48.5 Å². The molecule has 2 N–H and O–H groups in total. The number of phenolic OH excluding ortho intramolecular Hbond substituents is 1. The zero-order chi connectivity index (χ0) is 19.4. The van der Waals surface area contributed by atoms with Crippen molar-refractivity contribution in [3.63, 3.8) is 0 Å². The molecule has 0 saturated heterocycles. The van der Waals surface area contributed by atoms with E-state index >= 15 is 0 Å². The van der Waals surface area contributed by atoms with E-state index in [4.69, 9.17) is 5.11 Å². The molecule has 0 amide bonds. The molecule has 0 fully saturated rings. The van der Waals surface area contributed by atoms with E-state index in [0.29, 0.717) is 5.82 Å². The number of aromatic nitrogens is 1. The van der Waals surface area contributed by atoms with Crippen LogP contribution in [-0.2, 0) is 11.2 Å². The van der Waals surface area contributed by atoms with Crippen molar-refractivity contribution in [1.29, 1.82) is 0 Å². The number of pyridine rings is 1. The zero-order valence-electron chi connectivity index (χ0n) is 15.6. The summed E-state index contributed by atoms with van der Waals surface area (Å²) in [7, 11) is 1.72. The lowest BCUT2D eigenvalue weighted by Crippen LogP contribution is -2.26. The number of benzene rings is 2. The number of carbonyl (C=O) groups is 1. The first-order valence-electron chi connectivity index (χ1n) is 9.14. The first kappa shape index (κ1) is 18.7. The number of anilines is 1. The third-order valence-corrected chi connectivity index (χ3v) is 4.62. The molecule has 2 aromatic carbocycles. The Morgan fingerprint density at radius 3 is 2.52 bits per heavy atom. The maximum absolute atomic E-state index is 11.1. The van der Waals surface area contributed by atoms with Gasteiger partial charge < -0.3 is 15.1 Å². The second kappa shape index (κ2) is 8.08. The highest BCUT2D eigenvalue weighted by Crippen LogP contribution is 2.33. The minimum atomic E-state index is -0.902. The highest BCUT2D eigenvalue weighted by molar-refractivity contribution is 5.96. The van der Waals surface area contributed by atoms with Crippen molar-refractivity contribution < 1.29 is 15.0 Å². The number of rotatable bonds is 7. The predicted molar refractivity (Wildman–Crippen MR) is 108 cm³/mol. The molecular weight excluding hydrogens is 340 g/mol. The molecule has 1 heterocycles. The van der Waals surface area contributed by atoms with Gasteiger partial charge in [-0.3, -0.25) is 4.79 Å². The number of phenols is 1. The van der Waals surface area contributed by atoms with E-state index in [1.807, 2.05) is 24.3 Å². The number of fused-ring (bicyclic) bond motifs is 1. The number of hydrogen-bond acceptors (Lipinski definition) is 4. The number of carboxylic acid groups (broad SMARTS) is 1. The van der Waals surface area contributed by atoms with Gasteiger partial charge in [-0.05, 0) is 59.9 Å². The quantitative estimate of drug-likeness (QED) is 0.647. The SMILES string of the molecule is CCCCc1ccc2nc(N(C)CC(=O)O)cc(-c3ccc(O)cc3)c2c1. The molecule has 0 aliphatic carbocycles. The first-order valence-corrected chi connectivity index (χ1v) is 9.14. The molecule has 0 aliphatic rings. The lowest BCUT2D eigenvalue weighted by atomic mass is 9.98. The van der Waals surface area contributed by atoms with Gasteiger partial charge in [0, 0.05) is 12.4 Å². The standard InChI is InChI=1S/C22H24N2O3/c1-3-4-5-15-6-11-20-19(12-15)18(16-7-9-17(25)10-8-16)13-21(23-20)24(2)14-22(26)27/h6-13,25H,3-5,14H2,1-2H3,(H,26,27). The smallest absolute Gasteiger partial charge is 0.323 e. The number of carboxylic acids is 1. The van der Waals surface area contributed by atoms with Crippen LogP contribution in [0, 0.1) is 0 Å². The van der Waals surface area contributed by atoms with Crippen LogP contribution < -0.4 is 4.90 Å². The van der Waals surface area contributed by atoms with E-state index in [1.165, 1.54) is 5.56 Å². The molecule has 5 nitrogen and oxygen atoms in total. The summed E-state index contributed by atoms with van der Waals surface area (Å²) in [6.07, 6.45) is 3.29. The summed E-state index contributed by atoms with van der Waals surface area (Å²) in [5.74, 6) is -0.0845. The molecule has 0 saturated carbocycles. The van der Waals surface area contributed by atoms with Crippen LogP contribution in [-0.4, -0.2) is 34.8 Å². The van der Waals surface area contributed by atoms with E-state index in [-0.39, 0.29) is 12.3 Å². The fraction of sp³-hybridized carbons (Fsp3) is 0.273. The molecule has 0 radical (unpaired) electrons. The maximum Gasteiger partial charge on any atom is 0.323 e. The molecule has 3 rings (SSSR count). The second-order valence-corrected chi connectivity index (χ2v) is 6.78. The lowest BCUT2D eigenvalue weighted by Gasteiger charge is -2.18. The van der Waals surface area contributed by atoms with Gasteiger partial charge in [-0.25, -0.2) is 4.98 Å². The molecule has 0 bridgehead atoms. The zero-order valence-corrected chi connectivity index (χ0v) is 15.6. The summed E-state index contributed by atoms with van der Waals surface area (Å²) < 4.78 is 0. The van der Waals surface area contributed by atoms with Crippen LogP contribution >= 0.6 is 0 Å². The average Bonchev–Trinajstić information content (AvgIpc) is 2.65. The number of aryl methyl sites for hydroxylation is 1. The Balaban J connectivity index is 2.15. The van der Waals surface area contributed by atoms with Gasteiger partial charge in [0.1, 0.15) is 18.1 Å². The van der Waals surface area contributed by atoms with E-state index in [2.05, 4.69) is 24.0 Å². The van der Waals surface area contributed by atoms with Crippen LogP contribution in [0.2, 0.25) is 0 Å². The molecule has 140 valence electrons. The van der Waals surface area contributed by atoms with Gasteiger partial charge in [0.2, 0.25) is 0 Å². The normalized spacial score (nSPS) is 10.9. The van der Waals surface area contributed by atoms with Gasteiger partial charge in [0.15, 0.2) is 0 Å². The molecule has 0 spiro atoms. The van der Waals surface area contributed by atoms with Crippen molar-refractivity contribution in [2.75, 3.05) is 18.5 Å². The summed E-state index contributed by atoms with van der Waals surface area (Å²) in [5.41, 5.74) is 4.02. The largest absolute Gasteiger partial charge is 0.508 e. The fourth-order valence-electron chi connectivity index (χ4n) is 3.15. The average molecular weight is 364 g/mol. The highest BCUT2D eigenvalue weighted by atomic mass is 16.4. The fourth-order valence-corrected chi connectivity index (χ4v) is 3.15. The number of unbranched alkanes of at least 4 members (excludes halogenated alkanes) is 1. The minimum Gasteiger partial charge on any atom is -0.508 e. The second-order valence-electron chi connectivity index (χ2n) is 6.78. The van der Waals surface area contributed by atoms with Crippen LogP contribution in [0.25, 0.3) is 22.0 Å². The molecule has 27 heavy (non-hydrogen) atoms. The summed E-state index contributed by atoms with van der Waals surface area (Å²) >= 11 is 0. The minimum absolute atomic E-state index is 0.123. The molecule has 0 aliphatic heterocycles. The third-order valence-electron chi connectivity index (χ3n) is 4.62. The summed E-state index contributed by atoms with van der Waals surface area (Å²) in [4.78, 5) is 17.4. The van der Waals surface area contributed by atoms with Gasteiger partial charge in [-0.2, -0.15) is 0 Å².